The molecule has 0 fully saturated rings. The molecule has 0 saturated carbocycles. The topological polar surface area (TPSA) is 93.5 Å². The lowest BCUT2D eigenvalue weighted by molar-refractivity contribution is 0.0975. The van der Waals surface area contributed by atoms with Crippen LogP contribution < -0.4 is 21.1 Å². The zero-order valence-electron chi connectivity index (χ0n) is 17.4. The number of hydrogen-bond donors (Lipinski definition) is 3. The lowest BCUT2D eigenvalue weighted by Gasteiger charge is -2.12. The highest BCUT2D eigenvalue weighted by Crippen LogP contribution is 2.37. The molecule has 164 valence electrons. The SMILES string of the molecule is NC(=O)c1c(NC(=S)NC(=O)c2cccc(OCc3ccccc3)c2)sc2c1CCCC2. The van der Waals surface area contributed by atoms with Crippen LogP contribution in [0.4, 0.5) is 5.00 Å². The maximum Gasteiger partial charge on any atom is 0.257 e. The van der Waals surface area contributed by atoms with Crippen molar-refractivity contribution in [1.82, 2.24) is 5.32 Å². The number of ether oxygens (including phenoxy) is 1. The third-order valence-corrected chi connectivity index (χ3v) is 6.63. The Balaban J connectivity index is 1.41. The van der Waals surface area contributed by atoms with Crippen LogP contribution in [0.2, 0.25) is 0 Å². The van der Waals surface area contributed by atoms with Gasteiger partial charge >= 0.3 is 0 Å². The number of rotatable bonds is 6. The first-order valence-corrected chi connectivity index (χ1v) is 11.6. The minimum atomic E-state index is -0.482. The molecule has 0 unspecified atom stereocenters. The van der Waals surface area contributed by atoms with Gasteiger partial charge in [0.05, 0.1) is 5.56 Å². The number of carbonyl (C=O) groups excluding carboxylic acids is 2. The smallest absolute Gasteiger partial charge is 0.257 e. The summed E-state index contributed by atoms with van der Waals surface area (Å²) >= 11 is 6.80. The van der Waals surface area contributed by atoms with Crippen LogP contribution >= 0.6 is 23.6 Å². The summed E-state index contributed by atoms with van der Waals surface area (Å²) in [7, 11) is 0. The van der Waals surface area contributed by atoms with Crippen molar-refractivity contribution in [1.29, 1.82) is 0 Å². The van der Waals surface area contributed by atoms with Crippen molar-refractivity contribution in [2.24, 2.45) is 5.73 Å². The van der Waals surface area contributed by atoms with Gasteiger partial charge in [-0.2, -0.15) is 0 Å². The Morgan fingerprint density at radius 2 is 1.84 bits per heavy atom. The lowest BCUT2D eigenvalue weighted by Crippen LogP contribution is -2.34. The van der Waals surface area contributed by atoms with Crippen molar-refractivity contribution in [3.8, 4) is 5.75 Å². The fourth-order valence-corrected chi connectivity index (χ4v) is 5.25. The molecule has 0 radical (unpaired) electrons. The van der Waals surface area contributed by atoms with Crippen LogP contribution in [0.1, 0.15) is 49.6 Å². The first-order valence-electron chi connectivity index (χ1n) is 10.3. The van der Waals surface area contributed by atoms with Crippen molar-refractivity contribution in [3.63, 3.8) is 0 Å². The van der Waals surface area contributed by atoms with Gasteiger partial charge in [0.15, 0.2) is 5.11 Å². The van der Waals surface area contributed by atoms with E-state index in [-0.39, 0.29) is 11.0 Å². The zero-order chi connectivity index (χ0) is 22.5. The number of benzene rings is 2. The molecule has 0 saturated heterocycles. The third kappa shape index (κ3) is 5.15. The van der Waals surface area contributed by atoms with Gasteiger partial charge in [-0.05, 0) is 67.2 Å². The Morgan fingerprint density at radius 3 is 2.62 bits per heavy atom. The number of thiophene rings is 1. The quantitative estimate of drug-likeness (QED) is 0.468. The fraction of sp³-hybridized carbons (Fsp3) is 0.208. The molecule has 2 amide bonds. The number of anilines is 1. The Hall–Kier alpha value is -3.23. The molecule has 8 heteroatoms. The van der Waals surface area contributed by atoms with Gasteiger partial charge in [0, 0.05) is 10.4 Å². The second-order valence-electron chi connectivity index (χ2n) is 7.49. The van der Waals surface area contributed by atoms with Crippen LogP contribution in [-0.4, -0.2) is 16.9 Å². The lowest BCUT2D eigenvalue weighted by atomic mass is 9.95. The van der Waals surface area contributed by atoms with E-state index < -0.39 is 5.91 Å². The molecule has 0 aliphatic heterocycles. The summed E-state index contributed by atoms with van der Waals surface area (Å²) < 4.78 is 5.79. The van der Waals surface area contributed by atoms with E-state index in [4.69, 9.17) is 22.7 Å². The number of nitrogens with one attached hydrogen (secondary N) is 2. The van der Waals surface area contributed by atoms with E-state index in [1.807, 2.05) is 30.3 Å². The third-order valence-electron chi connectivity index (χ3n) is 5.22. The number of hydrogen-bond acceptors (Lipinski definition) is 5. The highest BCUT2D eigenvalue weighted by atomic mass is 32.1. The van der Waals surface area contributed by atoms with Crippen LogP contribution in [0.3, 0.4) is 0 Å². The monoisotopic (exact) mass is 465 g/mol. The number of thiocarbonyl (C=S) groups is 1. The summed E-state index contributed by atoms with van der Waals surface area (Å²) in [6, 6.07) is 16.7. The van der Waals surface area contributed by atoms with Crippen molar-refractivity contribution in [2.75, 3.05) is 5.32 Å². The van der Waals surface area contributed by atoms with Crippen LogP contribution in [0.5, 0.6) is 5.75 Å². The Morgan fingerprint density at radius 1 is 1.06 bits per heavy atom. The minimum absolute atomic E-state index is 0.117. The molecule has 0 bridgehead atoms. The van der Waals surface area contributed by atoms with Crippen LogP contribution in [0.15, 0.2) is 54.6 Å². The van der Waals surface area contributed by atoms with Crippen molar-refractivity contribution >= 4 is 45.5 Å². The molecule has 4 rings (SSSR count). The number of carbonyl (C=O) groups is 2. The van der Waals surface area contributed by atoms with Gasteiger partial charge in [0.1, 0.15) is 17.4 Å². The maximum absolute atomic E-state index is 12.7. The standard InChI is InChI=1S/C24H23N3O3S2/c25-21(28)20-18-11-4-5-12-19(18)32-23(20)27-24(31)26-22(29)16-9-6-10-17(13-16)30-14-15-7-2-1-3-8-15/h1-3,6-10,13H,4-5,11-12,14H2,(H2,25,28)(H2,26,27,29,31). The van der Waals surface area contributed by atoms with E-state index in [2.05, 4.69) is 10.6 Å². The van der Waals surface area contributed by atoms with E-state index in [0.29, 0.717) is 28.5 Å². The average molecular weight is 466 g/mol. The molecule has 1 heterocycles. The Kier molecular flexibility index (Phi) is 6.82. The van der Waals surface area contributed by atoms with Crippen LogP contribution in [0, 0.1) is 0 Å². The highest BCUT2D eigenvalue weighted by molar-refractivity contribution is 7.80. The van der Waals surface area contributed by atoms with Crippen LogP contribution in [0.25, 0.3) is 0 Å². The molecule has 32 heavy (non-hydrogen) atoms. The normalized spacial score (nSPS) is 12.5. The molecular formula is C24H23N3O3S2. The highest BCUT2D eigenvalue weighted by Gasteiger charge is 2.24. The van der Waals surface area contributed by atoms with E-state index >= 15 is 0 Å². The van der Waals surface area contributed by atoms with Crippen molar-refractivity contribution in [2.45, 2.75) is 32.3 Å². The van der Waals surface area contributed by atoms with Gasteiger partial charge in [-0.3, -0.25) is 14.9 Å². The molecule has 6 nitrogen and oxygen atoms in total. The summed E-state index contributed by atoms with van der Waals surface area (Å²) in [5.74, 6) is -0.263. The summed E-state index contributed by atoms with van der Waals surface area (Å²) in [4.78, 5) is 25.9. The Labute approximate surface area is 195 Å². The molecule has 2 aromatic carbocycles. The second kappa shape index (κ2) is 9.93. The molecule has 1 aliphatic carbocycles. The zero-order valence-corrected chi connectivity index (χ0v) is 19.0. The van der Waals surface area contributed by atoms with E-state index in [0.717, 1.165) is 41.7 Å². The van der Waals surface area contributed by atoms with Crippen molar-refractivity contribution < 1.29 is 14.3 Å². The second-order valence-corrected chi connectivity index (χ2v) is 9.00. The molecule has 0 atom stereocenters. The number of nitrogens with two attached hydrogens (primary N) is 1. The fourth-order valence-electron chi connectivity index (χ4n) is 3.69. The number of primary amides is 1. The first-order chi connectivity index (χ1) is 15.5. The number of fused-ring (bicyclic) bond motifs is 1. The molecule has 4 N–H and O–H groups in total. The predicted molar refractivity (Wildman–Crippen MR) is 130 cm³/mol. The molecule has 3 aromatic rings. The largest absolute Gasteiger partial charge is 0.489 e. The number of amides is 2. The van der Waals surface area contributed by atoms with Gasteiger partial charge in [-0.15, -0.1) is 11.3 Å². The maximum atomic E-state index is 12.7. The average Bonchev–Trinajstić information content (AvgIpc) is 3.16. The summed E-state index contributed by atoms with van der Waals surface area (Å²) in [6.45, 7) is 0.408. The molecule has 1 aliphatic rings. The van der Waals surface area contributed by atoms with Gasteiger partial charge in [0.2, 0.25) is 0 Å². The van der Waals surface area contributed by atoms with Crippen molar-refractivity contribution in [3.05, 3.63) is 81.7 Å². The first kappa shape index (κ1) is 22.0. The summed E-state index contributed by atoms with van der Waals surface area (Å²) in [6.07, 6.45) is 3.89. The molecule has 1 aromatic heterocycles. The van der Waals surface area contributed by atoms with E-state index in [9.17, 15) is 9.59 Å². The Bertz CT molecular complexity index is 1160. The summed E-state index contributed by atoms with van der Waals surface area (Å²) in [5.41, 5.74) is 8.57. The molecular weight excluding hydrogens is 442 g/mol. The minimum Gasteiger partial charge on any atom is -0.489 e. The van der Waals surface area contributed by atoms with Gasteiger partial charge in [-0.25, -0.2) is 0 Å². The van der Waals surface area contributed by atoms with Crippen LogP contribution in [-0.2, 0) is 19.4 Å². The van der Waals surface area contributed by atoms with E-state index in [1.54, 1.807) is 24.3 Å². The van der Waals surface area contributed by atoms with E-state index in [1.165, 1.54) is 11.3 Å². The number of aryl methyl sites for hydroxylation is 1. The van der Waals surface area contributed by atoms with Gasteiger partial charge < -0.3 is 15.8 Å². The summed E-state index contributed by atoms with van der Waals surface area (Å²) in [5, 5.41) is 6.38. The van der Waals surface area contributed by atoms with Gasteiger partial charge in [-0.1, -0.05) is 36.4 Å². The molecule has 0 spiro atoms. The van der Waals surface area contributed by atoms with Gasteiger partial charge in [0.25, 0.3) is 11.8 Å². The predicted octanol–water partition coefficient (Wildman–Crippen LogP) is 4.43.